The summed E-state index contributed by atoms with van der Waals surface area (Å²) in [7, 11) is 5.40. The Morgan fingerprint density at radius 2 is 1.00 bits per heavy atom. The van der Waals surface area contributed by atoms with Gasteiger partial charge in [-0.25, -0.2) is 0 Å². The molecule has 0 amide bonds. The number of quaternary nitrogens is 1. The summed E-state index contributed by atoms with van der Waals surface area (Å²) in [6.45, 7) is 4.64. The van der Waals surface area contributed by atoms with Crippen molar-refractivity contribution < 1.29 is 38.2 Å². The minimum Gasteiger partial charge on any atom is -0.544 e. The zero-order valence-corrected chi connectivity index (χ0v) is 33.3. The highest BCUT2D eigenvalue weighted by molar-refractivity contribution is 5.70. The average Bonchev–Trinajstić information content (AvgIpc) is 3.06. The van der Waals surface area contributed by atoms with E-state index in [0.29, 0.717) is 12.8 Å². The first-order valence-electron chi connectivity index (χ1n) is 20.7. The fourth-order valence-corrected chi connectivity index (χ4v) is 6.12. The number of allylic oxidation sites excluding steroid dienone is 2. The quantitative estimate of drug-likeness (QED) is 0.0274. The number of ether oxygens (including phenoxy) is 3. The van der Waals surface area contributed by atoms with Crippen LogP contribution in [0.5, 0.6) is 0 Å². The summed E-state index contributed by atoms with van der Waals surface area (Å²) in [5.41, 5.74) is 0. The van der Waals surface area contributed by atoms with E-state index >= 15 is 0 Å². The van der Waals surface area contributed by atoms with Gasteiger partial charge in [0, 0.05) is 19.3 Å². The summed E-state index contributed by atoms with van der Waals surface area (Å²) in [4.78, 5) is 36.7. The molecule has 0 aromatic rings. The van der Waals surface area contributed by atoms with Crippen molar-refractivity contribution in [1.29, 1.82) is 0 Å². The first-order valence-corrected chi connectivity index (χ1v) is 20.7. The maximum absolute atomic E-state index is 12.7. The van der Waals surface area contributed by atoms with Crippen molar-refractivity contribution >= 4 is 17.9 Å². The third kappa shape index (κ3) is 32.0. The fourth-order valence-electron chi connectivity index (χ4n) is 6.12. The highest BCUT2D eigenvalue weighted by atomic mass is 16.6. The number of unbranched alkanes of at least 4 members (excludes halogenated alkanes) is 21. The van der Waals surface area contributed by atoms with Crippen LogP contribution in [0.15, 0.2) is 12.2 Å². The van der Waals surface area contributed by atoms with E-state index in [2.05, 4.69) is 26.0 Å². The van der Waals surface area contributed by atoms with E-state index in [1.54, 1.807) is 21.1 Å². The lowest BCUT2D eigenvalue weighted by Crippen LogP contribution is -2.55. The number of hydrogen-bond donors (Lipinski definition) is 0. The zero-order chi connectivity index (χ0) is 37.1. The largest absolute Gasteiger partial charge is 0.544 e. The van der Waals surface area contributed by atoms with Crippen LogP contribution in [0.2, 0.25) is 0 Å². The Kier molecular flexibility index (Phi) is 32.9. The van der Waals surface area contributed by atoms with Crippen LogP contribution >= 0.6 is 0 Å². The third-order valence-corrected chi connectivity index (χ3v) is 9.40. The maximum atomic E-state index is 12.7. The molecule has 0 radical (unpaired) electrons. The van der Waals surface area contributed by atoms with Gasteiger partial charge in [-0.15, -0.1) is 0 Å². The summed E-state index contributed by atoms with van der Waals surface area (Å²) in [6, 6.07) is -0.722. The number of carboxylic acid groups (broad SMARTS) is 1. The molecule has 0 aliphatic carbocycles. The lowest BCUT2D eigenvalue weighted by molar-refractivity contribution is -0.889. The SMILES string of the molecule is CCCCCC/C=C\CCCCCCCC(=O)OC(COCCC(C(=O)[O-])[N+](C)(C)C)COC(=O)CCCCCCCCCCCCCCC. The van der Waals surface area contributed by atoms with Gasteiger partial charge in [-0.2, -0.15) is 0 Å². The van der Waals surface area contributed by atoms with Gasteiger partial charge in [-0.3, -0.25) is 9.59 Å². The van der Waals surface area contributed by atoms with Gasteiger partial charge in [0.15, 0.2) is 6.10 Å². The highest BCUT2D eigenvalue weighted by Crippen LogP contribution is 2.14. The Bertz CT molecular complexity index is 838. The van der Waals surface area contributed by atoms with Gasteiger partial charge in [0.1, 0.15) is 12.6 Å². The molecule has 0 fully saturated rings. The molecular weight excluding hydrogens is 630 g/mol. The second-order valence-electron chi connectivity index (χ2n) is 15.2. The molecule has 2 unspecified atom stereocenters. The molecule has 0 saturated heterocycles. The Hall–Kier alpha value is -1.93. The predicted molar refractivity (Wildman–Crippen MR) is 204 cm³/mol. The van der Waals surface area contributed by atoms with Crippen molar-refractivity contribution in [2.24, 2.45) is 0 Å². The molecule has 294 valence electrons. The van der Waals surface area contributed by atoms with Crippen LogP contribution in [-0.2, 0) is 28.6 Å². The van der Waals surface area contributed by atoms with Crippen molar-refractivity contribution in [3.05, 3.63) is 12.2 Å². The molecule has 0 spiro atoms. The van der Waals surface area contributed by atoms with Crippen molar-refractivity contribution in [2.45, 2.75) is 199 Å². The van der Waals surface area contributed by atoms with Crippen molar-refractivity contribution in [3.63, 3.8) is 0 Å². The third-order valence-electron chi connectivity index (χ3n) is 9.40. The van der Waals surface area contributed by atoms with Crippen molar-refractivity contribution in [2.75, 3.05) is 41.0 Å². The van der Waals surface area contributed by atoms with E-state index in [4.69, 9.17) is 14.2 Å². The van der Waals surface area contributed by atoms with E-state index in [-0.39, 0.29) is 42.7 Å². The lowest BCUT2D eigenvalue weighted by atomic mass is 10.0. The van der Waals surface area contributed by atoms with Crippen molar-refractivity contribution in [1.82, 2.24) is 0 Å². The van der Waals surface area contributed by atoms with Gasteiger partial charge in [-0.1, -0.05) is 142 Å². The molecule has 50 heavy (non-hydrogen) atoms. The first-order chi connectivity index (χ1) is 24.1. The molecular formula is C42H79NO7. The summed E-state index contributed by atoms with van der Waals surface area (Å²) < 4.78 is 17.1. The molecule has 8 heteroatoms. The van der Waals surface area contributed by atoms with Gasteiger partial charge in [0.05, 0.1) is 40.3 Å². The Morgan fingerprint density at radius 3 is 1.46 bits per heavy atom. The topological polar surface area (TPSA) is 102 Å². The Labute approximate surface area is 308 Å². The first kappa shape index (κ1) is 48.1. The Balaban J connectivity index is 4.38. The fraction of sp³-hybridized carbons (Fsp3) is 0.881. The molecule has 0 aromatic heterocycles. The number of esters is 2. The van der Waals surface area contributed by atoms with E-state index in [9.17, 15) is 19.5 Å². The van der Waals surface area contributed by atoms with Gasteiger partial charge in [-0.05, 0) is 38.5 Å². The summed E-state index contributed by atoms with van der Waals surface area (Å²) in [6.07, 6.45) is 33.7. The standard InChI is InChI=1S/C42H79NO7/c1-6-8-10-12-14-16-18-20-22-24-26-28-30-32-40(44)49-37-38(36-48-35-34-39(42(46)47)43(3,4)5)50-41(45)33-31-29-27-25-23-21-19-17-15-13-11-9-7-2/h17,19,38-39H,6-16,18,20-37H2,1-5H3/b19-17-. The van der Waals surface area contributed by atoms with Crippen LogP contribution < -0.4 is 5.11 Å². The number of carbonyl (C=O) groups is 3. The average molecular weight is 710 g/mol. The second-order valence-corrected chi connectivity index (χ2v) is 15.2. The van der Waals surface area contributed by atoms with Crippen LogP contribution in [0.25, 0.3) is 0 Å². The molecule has 8 nitrogen and oxygen atoms in total. The molecule has 2 atom stereocenters. The molecule has 0 aromatic carbocycles. The summed E-state index contributed by atoms with van der Waals surface area (Å²) in [5.74, 6) is -1.74. The van der Waals surface area contributed by atoms with Crippen LogP contribution in [0, 0.1) is 0 Å². The van der Waals surface area contributed by atoms with Crippen LogP contribution in [0.3, 0.4) is 0 Å². The maximum Gasteiger partial charge on any atom is 0.306 e. The smallest absolute Gasteiger partial charge is 0.306 e. The number of hydrogen-bond acceptors (Lipinski definition) is 7. The number of rotatable bonds is 37. The molecule has 0 saturated carbocycles. The van der Waals surface area contributed by atoms with Crippen LogP contribution in [0.1, 0.15) is 187 Å². The van der Waals surface area contributed by atoms with Crippen LogP contribution in [-0.4, -0.2) is 75.5 Å². The molecule has 0 rings (SSSR count). The number of nitrogens with zero attached hydrogens (tertiary/aromatic N) is 1. The second kappa shape index (κ2) is 34.2. The van der Waals surface area contributed by atoms with E-state index in [1.165, 1.54) is 103 Å². The number of carbonyl (C=O) groups excluding carboxylic acids is 3. The van der Waals surface area contributed by atoms with Gasteiger partial charge < -0.3 is 28.6 Å². The minimum atomic E-state index is -1.12. The van der Waals surface area contributed by atoms with Gasteiger partial charge >= 0.3 is 11.9 Å². The molecule has 0 N–H and O–H groups in total. The number of likely N-dealkylation sites (N-methyl/N-ethyl adjacent to an activating group) is 1. The summed E-state index contributed by atoms with van der Waals surface area (Å²) in [5, 5.41) is 11.6. The molecule has 0 aliphatic rings. The molecule has 0 aliphatic heterocycles. The number of aliphatic carboxylic acids is 1. The van der Waals surface area contributed by atoms with Gasteiger partial charge in [0.2, 0.25) is 0 Å². The van der Waals surface area contributed by atoms with E-state index < -0.39 is 18.1 Å². The minimum absolute atomic E-state index is 0.0425. The molecule has 0 heterocycles. The molecule has 0 bridgehead atoms. The van der Waals surface area contributed by atoms with Crippen molar-refractivity contribution in [3.8, 4) is 0 Å². The lowest BCUT2D eigenvalue weighted by Gasteiger charge is -2.34. The zero-order valence-electron chi connectivity index (χ0n) is 33.3. The van der Waals surface area contributed by atoms with Gasteiger partial charge in [0.25, 0.3) is 0 Å². The Morgan fingerprint density at radius 1 is 0.580 bits per heavy atom. The van der Waals surface area contributed by atoms with E-state index in [0.717, 1.165) is 51.4 Å². The number of carboxylic acids is 1. The normalized spacial score (nSPS) is 13.1. The van der Waals surface area contributed by atoms with Crippen LogP contribution in [0.4, 0.5) is 0 Å². The highest BCUT2D eigenvalue weighted by Gasteiger charge is 2.25. The van der Waals surface area contributed by atoms with E-state index in [1.807, 2.05) is 0 Å². The predicted octanol–water partition coefficient (Wildman–Crippen LogP) is 9.41. The summed E-state index contributed by atoms with van der Waals surface area (Å²) >= 11 is 0. The monoisotopic (exact) mass is 710 g/mol.